The van der Waals surface area contributed by atoms with Crippen LogP contribution in [0, 0.1) is 0 Å². The molecule has 0 atom stereocenters. The molecule has 0 amide bonds. The molecule has 0 spiro atoms. The summed E-state index contributed by atoms with van der Waals surface area (Å²) in [5, 5.41) is 9.22. The topological polar surface area (TPSA) is 82.1 Å². The first-order valence-corrected chi connectivity index (χ1v) is 7.54. The van der Waals surface area contributed by atoms with Crippen molar-refractivity contribution in [2.75, 3.05) is 19.8 Å². The third kappa shape index (κ3) is 13.5. The van der Waals surface area contributed by atoms with E-state index >= 15 is 0 Å². The predicted octanol–water partition coefficient (Wildman–Crippen LogP) is 3.21. The first kappa shape index (κ1) is 23.3. The molecule has 0 heterocycles. The zero-order valence-corrected chi connectivity index (χ0v) is 14.6. The van der Waals surface area contributed by atoms with Gasteiger partial charge in [-0.1, -0.05) is 0 Å². The maximum Gasteiger partial charge on any atom is 0.161 e. The lowest BCUT2D eigenvalue weighted by Crippen LogP contribution is -2.11. The fraction of sp³-hybridized carbons (Fsp3) is 0.529. The Hall–Kier alpha value is -1.92. The maximum atomic E-state index is 10.3. The van der Waals surface area contributed by atoms with E-state index in [0.717, 1.165) is 19.5 Å². The van der Waals surface area contributed by atoms with E-state index in [-0.39, 0.29) is 12.0 Å². The highest BCUT2D eigenvalue weighted by atomic mass is 16.7. The van der Waals surface area contributed by atoms with Crippen LogP contribution < -0.4 is 4.74 Å². The number of aldehydes is 2. The molecule has 0 saturated carbocycles. The van der Waals surface area contributed by atoms with Crippen LogP contribution in [0.2, 0.25) is 0 Å². The van der Waals surface area contributed by atoms with E-state index in [1.807, 2.05) is 27.7 Å². The summed E-state index contributed by atoms with van der Waals surface area (Å²) < 4.78 is 15.2. The lowest BCUT2D eigenvalue weighted by Gasteiger charge is -2.09. The number of phenols is 1. The molecule has 1 rings (SSSR count). The number of benzene rings is 1. The van der Waals surface area contributed by atoms with Crippen LogP contribution in [0.1, 0.15) is 45.0 Å². The van der Waals surface area contributed by atoms with E-state index in [9.17, 15) is 9.90 Å². The summed E-state index contributed by atoms with van der Waals surface area (Å²) in [6, 6.07) is 4.48. The van der Waals surface area contributed by atoms with Crippen molar-refractivity contribution in [3.05, 3.63) is 23.8 Å². The maximum absolute atomic E-state index is 10.3. The second-order valence-electron chi connectivity index (χ2n) is 3.99. The van der Waals surface area contributed by atoms with Crippen LogP contribution in [0.15, 0.2) is 18.2 Å². The van der Waals surface area contributed by atoms with Crippen molar-refractivity contribution in [2.45, 2.75) is 40.9 Å². The minimum atomic E-state index is -0.0370. The SMILES string of the molecule is CC=O.CCOC(C)OCC.CCOc1cc(C=O)ccc1O. The third-order valence-electron chi connectivity index (χ3n) is 2.22. The molecule has 1 N–H and O–H groups in total. The highest BCUT2D eigenvalue weighted by molar-refractivity contribution is 5.76. The average molecular weight is 328 g/mol. The van der Waals surface area contributed by atoms with Gasteiger partial charge in [0.2, 0.25) is 0 Å². The minimum Gasteiger partial charge on any atom is -0.504 e. The molecule has 0 aliphatic carbocycles. The molecule has 0 fully saturated rings. The number of carbonyl (C=O) groups excluding carboxylic acids is 2. The van der Waals surface area contributed by atoms with E-state index < -0.39 is 0 Å². The lowest BCUT2D eigenvalue weighted by molar-refractivity contribution is -0.123. The normalized spacial score (nSPS) is 9.13. The van der Waals surface area contributed by atoms with Gasteiger partial charge in [-0.2, -0.15) is 0 Å². The summed E-state index contributed by atoms with van der Waals surface area (Å²) in [5.74, 6) is 0.407. The summed E-state index contributed by atoms with van der Waals surface area (Å²) in [5.41, 5.74) is 0.497. The Morgan fingerprint density at radius 3 is 2.00 bits per heavy atom. The van der Waals surface area contributed by atoms with Gasteiger partial charge >= 0.3 is 0 Å². The van der Waals surface area contributed by atoms with Crippen LogP contribution in [-0.4, -0.2) is 43.8 Å². The standard InChI is InChI=1S/C9H10O3.C6H14O2.C2H4O/c1-2-12-9-5-7(6-10)3-4-8(9)11;1-4-7-6(3)8-5-2;1-2-3/h3-6,11H,2H2,1H3;6H,4-5H2,1-3H3;2H,1H3. The highest BCUT2D eigenvalue weighted by Gasteiger charge is 2.01. The van der Waals surface area contributed by atoms with E-state index in [0.29, 0.717) is 24.2 Å². The summed E-state index contributed by atoms with van der Waals surface area (Å²) in [6.45, 7) is 11.0. The zero-order valence-electron chi connectivity index (χ0n) is 14.6. The molecule has 0 radical (unpaired) electrons. The van der Waals surface area contributed by atoms with Crippen LogP contribution in [0.5, 0.6) is 11.5 Å². The molecular formula is C17H28O6. The van der Waals surface area contributed by atoms with Crippen LogP contribution >= 0.6 is 0 Å². The molecule has 1 aromatic rings. The van der Waals surface area contributed by atoms with E-state index in [2.05, 4.69) is 0 Å². The second kappa shape index (κ2) is 16.5. The molecule has 0 aliphatic heterocycles. The predicted molar refractivity (Wildman–Crippen MR) is 89.1 cm³/mol. The van der Waals surface area contributed by atoms with Crippen LogP contribution in [0.3, 0.4) is 0 Å². The number of hydrogen-bond acceptors (Lipinski definition) is 6. The Morgan fingerprint density at radius 2 is 1.61 bits per heavy atom. The number of phenolic OH excluding ortho intramolecular Hbond substituents is 1. The third-order valence-corrected chi connectivity index (χ3v) is 2.22. The molecule has 6 nitrogen and oxygen atoms in total. The summed E-state index contributed by atoms with van der Waals surface area (Å²) in [6.07, 6.45) is 1.42. The first-order valence-electron chi connectivity index (χ1n) is 7.54. The van der Waals surface area contributed by atoms with E-state index in [1.54, 1.807) is 0 Å². The Labute approximate surface area is 138 Å². The molecule has 6 heteroatoms. The summed E-state index contributed by atoms with van der Waals surface area (Å²) >= 11 is 0. The Balaban J connectivity index is 0. The first-order chi connectivity index (χ1) is 11.0. The Kier molecular flexibility index (Phi) is 16.7. The van der Waals surface area contributed by atoms with E-state index in [4.69, 9.17) is 19.0 Å². The molecule has 0 bridgehead atoms. The number of carbonyl (C=O) groups is 2. The van der Waals surface area contributed by atoms with Gasteiger partial charge in [0.25, 0.3) is 0 Å². The molecule has 0 aliphatic rings. The molecular weight excluding hydrogens is 300 g/mol. The molecule has 23 heavy (non-hydrogen) atoms. The van der Waals surface area contributed by atoms with Crippen molar-refractivity contribution < 1.29 is 28.9 Å². The highest BCUT2D eigenvalue weighted by Crippen LogP contribution is 2.25. The number of ether oxygens (including phenoxy) is 3. The van der Waals surface area contributed by atoms with Crippen molar-refractivity contribution in [2.24, 2.45) is 0 Å². The molecule has 132 valence electrons. The van der Waals surface area contributed by atoms with Gasteiger partial charge in [0.1, 0.15) is 12.6 Å². The van der Waals surface area contributed by atoms with Crippen LogP contribution in [0.4, 0.5) is 0 Å². The number of aromatic hydroxyl groups is 1. The summed E-state index contributed by atoms with van der Waals surface area (Å²) in [4.78, 5) is 19.1. The van der Waals surface area contributed by atoms with Crippen molar-refractivity contribution in [1.29, 1.82) is 0 Å². The Bertz CT molecular complexity index is 414. The zero-order chi connectivity index (χ0) is 18.1. The van der Waals surface area contributed by atoms with Gasteiger partial charge in [-0.25, -0.2) is 0 Å². The van der Waals surface area contributed by atoms with Crippen molar-refractivity contribution in [3.63, 3.8) is 0 Å². The molecule has 1 aromatic carbocycles. The van der Waals surface area contributed by atoms with Gasteiger partial charge in [-0.05, 0) is 52.8 Å². The smallest absolute Gasteiger partial charge is 0.161 e. The Morgan fingerprint density at radius 1 is 1.09 bits per heavy atom. The largest absolute Gasteiger partial charge is 0.504 e. The average Bonchev–Trinajstić information content (AvgIpc) is 2.52. The number of hydrogen-bond donors (Lipinski definition) is 1. The van der Waals surface area contributed by atoms with Crippen molar-refractivity contribution >= 4 is 12.6 Å². The van der Waals surface area contributed by atoms with Gasteiger partial charge in [-0.3, -0.25) is 4.79 Å². The lowest BCUT2D eigenvalue weighted by atomic mass is 10.2. The molecule has 0 unspecified atom stereocenters. The van der Waals surface area contributed by atoms with Crippen molar-refractivity contribution in [3.8, 4) is 11.5 Å². The fourth-order valence-electron chi connectivity index (χ4n) is 1.39. The van der Waals surface area contributed by atoms with Gasteiger partial charge in [-0.15, -0.1) is 0 Å². The van der Waals surface area contributed by atoms with Crippen molar-refractivity contribution in [1.82, 2.24) is 0 Å². The van der Waals surface area contributed by atoms with Crippen LogP contribution in [-0.2, 0) is 14.3 Å². The van der Waals surface area contributed by atoms with Gasteiger partial charge in [0.05, 0.1) is 6.61 Å². The number of rotatable bonds is 7. The quantitative estimate of drug-likeness (QED) is 0.611. The monoisotopic (exact) mass is 328 g/mol. The minimum absolute atomic E-state index is 0.0370. The summed E-state index contributed by atoms with van der Waals surface area (Å²) in [7, 11) is 0. The molecule has 0 aromatic heterocycles. The van der Waals surface area contributed by atoms with Gasteiger partial charge in [0, 0.05) is 18.8 Å². The second-order valence-corrected chi connectivity index (χ2v) is 3.99. The van der Waals surface area contributed by atoms with Gasteiger partial charge in [0.15, 0.2) is 17.8 Å². The fourth-order valence-corrected chi connectivity index (χ4v) is 1.39. The molecule has 0 saturated heterocycles. The van der Waals surface area contributed by atoms with Gasteiger partial charge < -0.3 is 24.1 Å². The van der Waals surface area contributed by atoms with Crippen LogP contribution in [0.25, 0.3) is 0 Å². The van der Waals surface area contributed by atoms with E-state index in [1.165, 1.54) is 25.1 Å².